The van der Waals surface area contributed by atoms with Crippen molar-refractivity contribution in [3.63, 3.8) is 0 Å². The SMILES string of the molecule is C=CCOC(=O)C(=O)OC=C. The Bertz CT molecular complexity index is 183. The molecule has 0 aliphatic carbocycles. The fourth-order valence-electron chi connectivity index (χ4n) is 0.317. The molecule has 60 valence electrons. The first-order chi connectivity index (χ1) is 5.22. The minimum absolute atomic E-state index is 0.00885. The van der Waals surface area contributed by atoms with Crippen molar-refractivity contribution >= 4 is 11.9 Å². The molecule has 0 unspecified atom stereocenters. The Morgan fingerprint density at radius 1 is 1.27 bits per heavy atom. The first-order valence-corrected chi connectivity index (χ1v) is 2.82. The molecule has 0 aromatic heterocycles. The fourth-order valence-corrected chi connectivity index (χ4v) is 0.317. The molecule has 0 radical (unpaired) electrons. The summed E-state index contributed by atoms with van der Waals surface area (Å²) in [4.78, 5) is 20.9. The highest BCUT2D eigenvalue weighted by Gasteiger charge is 2.14. The average molecular weight is 156 g/mol. The van der Waals surface area contributed by atoms with Crippen LogP contribution in [0.1, 0.15) is 0 Å². The van der Waals surface area contributed by atoms with E-state index < -0.39 is 11.9 Å². The van der Waals surface area contributed by atoms with Crippen molar-refractivity contribution in [2.75, 3.05) is 6.61 Å². The van der Waals surface area contributed by atoms with E-state index in [-0.39, 0.29) is 6.61 Å². The van der Waals surface area contributed by atoms with E-state index in [1.807, 2.05) is 0 Å². The summed E-state index contributed by atoms with van der Waals surface area (Å²) >= 11 is 0. The highest BCUT2D eigenvalue weighted by Crippen LogP contribution is 1.84. The van der Waals surface area contributed by atoms with Crippen molar-refractivity contribution in [3.8, 4) is 0 Å². The largest absolute Gasteiger partial charge is 0.453 e. The van der Waals surface area contributed by atoms with Crippen LogP contribution >= 0.6 is 0 Å². The molecule has 0 saturated carbocycles. The number of esters is 2. The van der Waals surface area contributed by atoms with Gasteiger partial charge in [0.1, 0.15) is 6.61 Å². The highest BCUT2D eigenvalue weighted by atomic mass is 16.6. The maximum absolute atomic E-state index is 10.5. The van der Waals surface area contributed by atoms with E-state index in [4.69, 9.17) is 0 Å². The van der Waals surface area contributed by atoms with E-state index >= 15 is 0 Å². The van der Waals surface area contributed by atoms with Gasteiger partial charge in [-0.15, -0.1) is 0 Å². The third-order valence-corrected chi connectivity index (χ3v) is 0.689. The van der Waals surface area contributed by atoms with Gasteiger partial charge in [0, 0.05) is 0 Å². The van der Waals surface area contributed by atoms with E-state index in [0.29, 0.717) is 0 Å². The molecule has 0 fully saturated rings. The second-order valence-corrected chi connectivity index (χ2v) is 1.46. The summed E-state index contributed by atoms with van der Waals surface area (Å²) in [6.45, 7) is 6.37. The molecule has 0 heterocycles. The Kier molecular flexibility index (Phi) is 4.47. The number of carbonyl (C=O) groups is 2. The predicted molar refractivity (Wildman–Crippen MR) is 37.4 cm³/mol. The van der Waals surface area contributed by atoms with Crippen LogP contribution in [0, 0.1) is 0 Å². The molecule has 0 rings (SSSR count). The van der Waals surface area contributed by atoms with Crippen molar-refractivity contribution in [3.05, 3.63) is 25.5 Å². The van der Waals surface area contributed by atoms with Gasteiger partial charge in [-0.2, -0.15) is 0 Å². The van der Waals surface area contributed by atoms with Crippen molar-refractivity contribution < 1.29 is 19.1 Å². The minimum atomic E-state index is -1.08. The summed E-state index contributed by atoms with van der Waals surface area (Å²) in [7, 11) is 0. The summed E-state index contributed by atoms with van der Waals surface area (Å²) in [6.07, 6.45) is 2.20. The topological polar surface area (TPSA) is 52.6 Å². The van der Waals surface area contributed by atoms with E-state index in [2.05, 4.69) is 22.6 Å². The molecule has 0 aliphatic rings. The van der Waals surface area contributed by atoms with Crippen LogP contribution in [0.2, 0.25) is 0 Å². The molecule has 0 aromatic rings. The molecule has 0 atom stereocenters. The summed E-state index contributed by atoms with van der Waals surface area (Å²) in [5.74, 6) is -2.13. The van der Waals surface area contributed by atoms with Crippen molar-refractivity contribution in [1.29, 1.82) is 0 Å². The van der Waals surface area contributed by atoms with E-state index in [0.717, 1.165) is 6.26 Å². The standard InChI is InChI=1S/C7H8O4/c1-3-5-11-7(9)6(8)10-4-2/h3-4H,1-2,5H2. The van der Waals surface area contributed by atoms with E-state index in [1.165, 1.54) is 6.08 Å². The lowest BCUT2D eigenvalue weighted by Gasteiger charge is -1.97. The van der Waals surface area contributed by atoms with Gasteiger partial charge in [0.05, 0.1) is 6.26 Å². The van der Waals surface area contributed by atoms with Crippen LogP contribution in [-0.2, 0) is 19.1 Å². The highest BCUT2D eigenvalue weighted by molar-refractivity contribution is 6.29. The van der Waals surface area contributed by atoms with Crippen molar-refractivity contribution in [2.45, 2.75) is 0 Å². The lowest BCUT2D eigenvalue weighted by Crippen LogP contribution is -2.18. The van der Waals surface area contributed by atoms with Gasteiger partial charge in [-0.3, -0.25) is 0 Å². The number of carbonyl (C=O) groups excluding carboxylic acids is 2. The smallest absolute Gasteiger partial charge is 0.422 e. The van der Waals surface area contributed by atoms with Crippen LogP contribution in [0.4, 0.5) is 0 Å². The predicted octanol–water partition coefficient (Wildman–Crippen LogP) is 0.402. The number of rotatable bonds is 3. The summed E-state index contributed by atoms with van der Waals surface area (Å²) in [5.41, 5.74) is 0. The first kappa shape index (κ1) is 9.42. The lowest BCUT2D eigenvalue weighted by atomic mass is 10.6. The third kappa shape index (κ3) is 3.91. The Morgan fingerprint density at radius 3 is 2.36 bits per heavy atom. The van der Waals surface area contributed by atoms with Gasteiger partial charge in [-0.1, -0.05) is 19.2 Å². The van der Waals surface area contributed by atoms with Crippen LogP contribution < -0.4 is 0 Å². The van der Waals surface area contributed by atoms with Gasteiger partial charge in [0.2, 0.25) is 0 Å². The minimum Gasteiger partial charge on any atom is -0.453 e. The van der Waals surface area contributed by atoms with Gasteiger partial charge in [0.25, 0.3) is 0 Å². The first-order valence-electron chi connectivity index (χ1n) is 2.82. The number of hydrogen-bond acceptors (Lipinski definition) is 4. The molecule has 4 nitrogen and oxygen atoms in total. The van der Waals surface area contributed by atoms with Gasteiger partial charge in [-0.05, 0) is 0 Å². The van der Waals surface area contributed by atoms with Crippen LogP contribution in [-0.4, -0.2) is 18.5 Å². The Morgan fingerprint density at radius 2 is 1.91 bits per heavy atom. The Labute approximate surface area is 64.1 Å². The zero-order valence-electron chi connectivity index (χ0n) is 5.91. The second kappa shape index (κ2) is 5.22. The monoisotopic (exact) mass is 156 g/mol. The van der Waals surface area contributed by atoms with E-state index in [1.54, 1.807) is 0 Å². The molecule has 0 spiro atoms. The second-order valence-electron chi connectivity index (χ2n) is 1.46. The molecule has 0 N–H and O–H groups in total. The maximum atomic E-state index is 10.5. The molecule has 0 aliphatic heterocycles. The number of hydrogen-bond donors (Lipinski definition) is 0. The Balaban J connectivity index is 3.72. The zero-order chi connectivity index (χ0) is 8.69. The molecule has 0 saturated heterocycles. The molecule has 0 aromatic carbocycles. The van der Waals surface area contributed by atoms with Gasteiger partial charge in [-0.25, -0.2) is 9.59 Å². The molecule has 4 heteroatoms. The quantitative estimate of drug-likeness (QED) is 0.257. The van der Waals surface area contributed by atoms with Crippen molar-refractivity contribution in [1.82, 2.24) is 0 Å². The fraction of sp³-hybridized carbons (Fsp3) is 0.143. The maximum Gasteiger partial charge on any atom is 0.422 e. The van der Waals surface area contributed by atoms with Crippen molar-refractivity contribution in [2.24, 2.45) is 0 Å². The number of ether oxygens (including phenoxy) is 2. The molecular formula is C7H8O4. The molecule has 0 bridgehead atoms. The summed E-state index contributed by atoms with van der Waals surface area (Å²) in [5, 5.41) is 0. The third-order valence-electron chi connectivity index (χ3n) is 0.689. The summed E-state index contributed by atoms with van der Waals surface area (Å²) < 4.78 is 8.44. The zero-order valence-corrected chi connectivity index (χ0v) is 5.91. The normalized spacial score (nSPS) is 8.00. The Hall–Kier alpha value is -1.58. The lowest BCUT2D eigenvalue weighted by molar-refractivity contribution is -0.163. The van der Waals surface area contributed by atoms with Crippen LogP contribution in [0.25, 0.3) is 0 Å². The van der Waals surface area contributed by atoms with Crippen LogP contribution in [0.3, 0.4) is 0 Å². The van der Waals surface area contributed by atoms with Gasteiger partial charge < -0.3 is 9.47 Å². The van der Waals surface area contributed by atoms with Gasteiger partial charge >= 0.3 is 11.9 Å². The molecular weight excluding hydrogens is 148 g/mol. The van der Waals surface area contributed by atoms with E-state index in [9.17, 15) is 9.59 Å². The molecule has 11 heavy (non-hydrogen) atoms. The molecule has 0 amide bonds. The van der Waals surface area contributed by atoms with Gasteiger partial charge in [0.15, 0.2) is 0 Å². The average Bonchev–Trinajstić information content (AvgIpc) is 2.00. The van der Waals surface area contributed by atoms with Crippen LogP contribution in [0.15, 0.2) is 25.5 Å². The summed E-state index contributed by atoms with van der Waals surface area (Å²) in [6, 6.07) is 0. The van der Waals surface area contributed by atoms with Crippen LogP contribution in [0.5, 0.6) is 0 Å².